The largest absolute Gasteiger partial charge is 0.380 e. The lowest BCUT2D eigenvalue weighted by molar-refractivity contribution is 0.121. The molecule has 0 radical (unpaired) electrons. The average Bonchev–Trinajstić information content (AvgIpc) is 3.23. The Morgan fingerprint density at radius 3 is 2.16 bits per heavy atom. The quantitative estimate of drug-likeness (QED) is 0.496. The van der Waals surface area contributed by atoms with Crippen molar-refractivity contribution >= 4 is 44.6 Å². The van der Waals surface area contributed by atoms with Gasteiger partial charge in [-0.3, -0.25) is 4.72 Å². The lowest BCUT2D eigenvalue weighted by Crippen LogP contribution is -2.22. The zero-order chi connectivity index (χ0) is 22.0. The van der Waals surface area contributed by atoms with Crippen molar-refractivity contribution in [3.63, 3.8) is 0 Å². The molecule has 1 unspecified atom stereocenters. The lowest BCUT2D eigenvalue weighted by Gasteiger charge is -2.19. The van der Waals surface area contributed by atoms with E-state index in [1.54, 1.807) is 61.7 Å². The van der Waals surface area contributed by atoms with Gasteiger partial charge in [0.05, 0.1) is 11.0 Å². The van der Waals surface area contributed by atoms with E-state index in [9.17, 15) is 8.42 Å². The fourth-order valence-corrected chi connectivity index (χ4v) is 5.24. The minimum absolute atomic E-state index is 0.177. The Labute approximate surface area is 192 Å². The summed E-state index contributed by atoms with van der Waals surface area (Å²) in [6, 6.07) is 19.2. The summed E-state index contributed by atoms with van der Waals surface area (Å²) in [6.07, 6.45) is 1.23. The molecule has 1 aliphatic rings. The molecule has 0 aromatic heterocycles. The zero-order valence-electron chi connectivity index (χ0n) is 16.9. The van der Waals surface area contributed by atoms with Gasteiger partial charge in [-0.05, 0) is 72.1 Å². The van der Waals surface area contributed by atoms with E-state index in [0.717, 1.165) is 36.3 Å². The molecule has 31 heavy (non-hydrogen) atoms. The van der Waals surface area contributed by atoms with Crippen LogP contribution in [0.2, 0.25) is 10.0 Å². The van der Waals surface area contributed by atoms with Crippen molar-refractivity contribution in [1.29, 1.82) is 0 Å². The molecule has 1 heterocycles. The number of anilines is 2. The maximum Gasteiger partial charge on any atom is 0.261 e. The molecule has 1 N–H and O–H groups in total. The van der Waals surface area contributed by atoms with Gasteiger partial charge in [0.15, 0.2) is 0 Å². The van der Waals surface area contributed by atoms with Crippen LogP contribution in [0.25, 0.3) is 11.1 Å². The van der Waals surface area contributed by atoms with Gasteiger partial charge in [0, 0.05) is 41.6 Å². The second kappa shape index (κ2) is 9.09. The molecule has 3 aromatic carbocycles. The van der Waals surface area contributed by atoms with Crippen LogP contribution in [0.1, 0.15) is 6.42 Å². The van der Waals surface area contributed by atoms with Crippen molar-refractivity contribution in [2.24, 2.45) is 0 Å². The third-order valence-corrected chi connectivity index (χ3v) is 7.16. The normalized spacial score (nSPS) is 16.5. The highest BCUT2D eigenvalue weighted by Crippen LogP contribution is 2.29. The molecule has 8 heteroatoms. The van der Waals surface area contributed by atoms with Crippen molar-refractivity contribution in [3.8, 4) is 11.1 Å². The van der Waals surface area contributed by atoms with Crippen LogP contribution in [-0.2, 0) is 14.8 Å². The molecule has 0 spiro atoms. The number of hydrogen-bond donors (Lipinski definition) is 1. The minimum atomic E-state index is -3.71. The summed E-state index contributed by atoms with van der Waals surface area (Å²) < 4.78 is 33.6. The summed E-state index contributed by atoms with van der Waals surface area (Å²) in [6.45, 7) is 1.76. The van der Waals surface area contributed by atoms with Crippen molar-refractivity contribution in [1.82, 2.24) is 0 Å². The first-order valence-electron chi connectivity index (χ1n) is 9.81. The van der Waals surface area contributed by atoms with E-state index in [1.165, 1.54) is 0 Å². The predicted molar refractivity (Wildman–Crippen MR) is 127 cm³/mol. The van der Waals surface area contributed by atoms with Crippen LogP contribution in [0.3, 0.4) is 0 Å². The molecule has 1 saturated heterocycles. The molecular weight excluding hydrogens is 455 g/mol. The van der Waals surface area contributed by atoms with Crippen molar-refractivity contribution < 1.29 is 13.2 Å². The summed E-state index contributed by atoms with van der Waals surface area (Å²) in [7, 11) is -1.98. The Morgan fingerprint density at radius 1 is 0.935 bits per heavy atom. The van der Waals surface area contributed by atoms with Crippen molar-refractivity contribution in [2.75, 3.05) is 29.8 Å². The van der Waals surface area contributed by atoms with E-state index in [0.29, 0.717) is 15.7 Å². The Kier molecular flexibility index (Phi) is 6.44. The van der Waals surface area contributed by atoms with Crippen LogP contribution in [-0.4, -0.2) is 34.7 Å². The third-order valence-electron chi connectivity index (χ3n) is 5.32. The smallest absolute Gasteiger partial charge is 0.261 e. The lowest BCUT2D eigenvalue weighted by atomic mass is 10.1. The van der Waals surface area contributed by atoms with E-state index in [1.807, 2.05) is 12.1 Å². The van der Waals surface area contributed by atoms with Gasteiger partial charge >= 0.3 is 0 Å². The van der Waals surface area contributed by atoms with Gasteiger partial charge in [-0.2, -0.15) is 0 Å². The van der Waals surface area contributed by atoms with Gasteiger partial charge in [-0.15, -0.1) is 0 Å². The number of methoxy groups -OCH3 is 1. The van der Waals surface area contributed by atoms with Crippen molar-refractivity contribution in [2.45, 2.75) is 17.4 Å². The number of rotatable bonds is 6. The standard InChI is InChI=1S/C23H22Cl2N2O3S/c1-30-22-10-11-27(15-22)21-6-4-20(5-7-21)26-31(28,29)23-8-2-16(3-9-23)17-12-18(24)14-19(25)13-17/h2-9,12-14,22,26H,10-11,15H2,1H3. The second-order valence-electron chi connectivity index (χ2n) is 7.43. The molecule has 4 rings (SSSR count). The molecule has 1 aliphatic heterocycles. The first-order valence-corrected chi connectivity index (χ1v) is 12.0. The number of nitrogens with one attached hydrogen (secondary N) is 1. The highest BCUT2D eigenvalue weighted by Gasteiger charge is 2.22. The average molecular weight is 477 g/mol. The van der Waals surface area contributed by atoms with E-state index in [-0.39, 0.29) is 11.0 Å². The molecule has 162 valence electrons. The summed E-state index contributed by atoms with van der Waals surface area (Å²) in [5, 5.41) is 1.05. The van der Waals surface area contributed by atoms with Gasteiger partial charge in [0.2, 0.25) is 0 Å². The molecule has 5 nitrogen and oxygen atoms in total. The number of halogens is 2. The topological polar surface area (TPSA) is 58.6 Å². The first-order chi connectivity index (χ1) is 14.8. The Balaban J connectivity index is 1.47. The van der Waals surface area contributed by atoms with Gasteiger partial charge < -0.3 is 9.64 Å². The van der Waals surface area contributed by atoms with Gasteiger partial charge in [0.25, 0.3) is 10.0 Å². The predicted octanol–water partition coefficient (Wildman–Crippen LogP) is 5.69. The van der Waals surface area contributed by atoms with Gasteiger partial charge in [-0.25, -0.2) is 8.42 Å². The number of nitrogens with zero attached hydrogens (tertiary/aromatic N) is 1. The van der Waals surface area contributed by atoms with E-state index in [2.05, 4.69) is 9.62 Å². The molecule has 3 aromatic rings. The second-order valence-corrected chi connectivity index (χ2v) is 9.98. The fraction of sp³-hybridized carbons (Fsp3) is 0.217. The molecule has 0 amide bonds. The maximum atomic E-state index is 12.8. The van der Waals surface area contributed by atoms with Crippen LogP contribution in [0.5, 0.6) is 0 Å². The van der Waals surface area contributed by atoms with E-state index >= 15 is 0 Å². The summed E-state index contributed by atoms with van der Waals surface area (Å²) in [4.78, 5) is 2.41. The molecule has 0 bridgehead atoms. The SMILES string of the molecule is COC1CCN(c2ccc(NS(=O)(=O)c3ccc(-c4cc(Cl)cc(Cl)c4)cc3)cc2)C1. The Morgan fingerprint density at radius 2 is 1.58 bits per heavy atom. The summed E-state index contributed by atoms with van der Waals surface area (Å²) in [5.74, 6) is 0. The maximum absolute atomic E-state index is 12.8. The summed E-state index contributed by atoms with van der Waals surface area (Å²) in [5.41, 5.74) is 3.21. The van der Waals surface area contributed by atoms with Crippen LogP contribution in [0, 0.1) is 0 Å². The highest BCUT2D eigenvalue weighted by molar-refractivity contribution is 7.92. The van der Waals surface area contributed by atoms with E-state index < -0.39 is 10.0 Å². The van der Waals surface area contributed by atoms with Crippen LogP contribution < -0.4 is 9.62 Å². The van der Waals surface area contributed by atoms with Gasteiger partial charge in [0.1, 0.15) is 0 Å². The van der Waals surface area contributed by atoms with Crippen molar-refractivity contribution in [3.05, 3.63) is 76.8 Å². The van der Waals surface area contributed by atoms with Crippen LogP contribution in [0.15, 0.2) is 71.6 Å². The molecular formula is C23H22Cl2N2O3S. The van der Waals surface area contributed by atoms with Crippen LogP contribution >= 0.6 is 23.2 Å². The molecule has 0 aliphatic carbocycles. The number of hydrogen-bond acceptors (Lipinski definition) is 4. The zero-order valence-corrected chi connectivity index (χ0v) is 19.2. The van der Waals surface area contributed by atoms with E-state index in [4.69, 9.17) is 27.9 Å². The van der Waals surface area contributed by atoms with Gasteiger partial charge in [-0.1, -0.05) is 35.3 Å². The molecule has 0 saturated carbocycles. The first kappa shape index (κ1) is 22.0. The minimum Gasteiger partial charge on any atom is -0.380 e. The third kappa shape index (κ3) is 5.15. The van der Waals surface area contributed by atoms with Crippen LogP contribution in [0.4, 0.5) is 11.4 Å². The molecule has 1 fully saturated rings. The number of benzene rings is 3. The Hall–Kier alpha value is -2.25. The number of ether oxygens (including phenoxy) is 1. The monoisotopic (exact) mass is 476 g/mol. The highest BCUT2D eigenvalue weighted by atomic mass is 35.5. The molecule has 1 atom stereocenters. The fourth-order valence-electron chi connectivity index (χ4n) is 3.66. The summed E-state index contributed by atoms with van der Waals surface area (Å²) >= 11 is 12.1. The Bertz CT molecular complexity index is 1150. The number of sulfonamides is 1.